The normalized spacial score (nSPS) is 12.8. The van der Waals surface area contributed by atoms with Crippen molar-refractivity contribution < 1.29 is 9.53 Å². The molecule has 1 aliphatic heterocycles. The number of hydrogen-bond donors (Lipinski definition) is 1. The van der Waals surface area contributed by atoms with Gasteiger partial charge in [0.25, 0.3) is 0 Å². The number of hydrogen-bond acceptors (Lipinski definition) is 5. The molecule has 1 amide bonds. The smallest absolute Gasteiger partial charge is 0.231 e. The van der Waals surface area contributed by atoms with Crippen LogP contribution >= 0.6 is 0 Å². The number of ether oxygens (including phenoxy) is 1. The fourth-order valence-electron chi connectivity index (χ4n) is 2.99. The number of nitriles is 1. The second-order valence-corrected chi connectivity index (χ2v) is 6.06. The highest BCUT2D eigenvalue weighted by Crippen LogP contribution is 2.31. The fraction of sp³-hybridized carbons (Fsp3) is 0.158. The highest BCUT2D eigenvalue weighted by atomic mass is 16.5. The van der Waals surface area contributed by atoms with Crippen molar-refractivity contribution in [2.75, 3.05) is 11.9 Å². The number of carbonyl (C=O) groups excluding carboxylic acids is 1. The lowest BCUT2D eigenvalue weighted by Gasteiger charge is -2.12. The number of H-pyrrole nitrogens is 1. The fourth-order valence-corrected chi connectivity index (χ4v) is 2.99. The Morgan fingerprint density at radius 1 is 1.31 bits per heavy atom. The van der Waals surface area contributed by atoms with Gasteiger partial charge in [-0.3, -0.25) is 4.79 Å². The van der Waals surface area contributed by atoms with E-state index in [4.69, 9.17) is 10.00 Å². The second kappa shape index (κ2) is 6.33. The average Bonchev–Trinajstić information content (AvgIpc) is 3.25. The highest BCUT2D eigenvalue weighted by Gasteiger charge is 2.24. The molecule has 1 N–H and O–H groups in total. The molecular weight excluding hydrogens is 330 g/mol. The summed E-state index contributed by atoms with van der Waals surface area (Å²) in [6.45, 7) is 0.365. The molecule has 2 heterocycles. The summed E-state index contributed by atoms with van der Waals surface area (Å²) in [5.41, 5.74) is 4.50. The lowest BCUT2D eigenvalue weighted by atomic mass is 10.1. The lowest BCUT2D eigenvalue weighted by Crippen LogP contribution is -2.20. The number of carbonyl (C=O) groups is 1. The van der Waals surface area contributed by atoms with E-state index in [1.54, 1.807) is 11.9 Å². The number of nitrogens with one attached hydrogen (secondary N) is 1. The standard InChI is InChI=1S/C19H15N5O2/c1-24-17-9-15(6-5-13(17)8-18(24)25)26-11-12-3-2-4-14(7-12)19-16(10-20)21-23-22-19/h2-7,9H,8,11H2,1H3,(H,21,22,23). The van der Waals surface area contributed by atoms with E-state index in [2.05, 4.69) is 15.4 Å². The maximum absolute atomic E-state index is 11.8. The summed E-state index contributed by atoms with van der Waals surface area (Å²) < 4.78 is 5.88. The number of benzene rings is 2. The van der Waals surface area contributed by atoms with Crippen molar-refractivity contribution in [2.45, 2.75) is 13.0 Å². The number of aromatic amines is 1. The van der Waals surface area contributed by atoms with Crippen LogP contribution in [0.15, 0.2) is 42.5 Å². The molecule has 4 rings (SSSR count). The maximum Gasteiger partial charge on any atom is 0.231 e. The minimum atomic E-state index is 0.0887. The van der Waals surface area contributed by atoms with E-state index >= 15 is 0 Å². The molecular formula is C19H15N5O2. The zero-order valence-electron chi connectivity index (χ0n) is 14.1. The van der Waals surface area contributed by atoms with Gasteiger partial charge in [0.1, 0.15) is 24.1 Å². The van der Waals surface area contributed by atoms with Crippen LogP contribution in [0.4, 0.5) is 5.69 Å². The number of likely N-dealkylation sites (N-methyl/N-ethyl adjacent to an activating group) is 1. The van der Waals surface area contributed by atoms with Crippen LogP contribution in [-0.2, 0) is 17.8 Å². The summed E-state index contributed by atoms with van der Waals surface area (Å²) in [7, 11) is 1.77. The molecule has 0 saturated heterocycles. The van der Waals surface area contributed by atoms with Gasteiger partial charge >= 0.3 is 0 Å². The summed E-state index contributed by atoms with van der Waals surface area (Å²) in [6.07, 6.45) is 0.438. The largest absolute Gasteiger partial charge is 0.489 e. The van der Waals surface area contributed by atoms with E-state index in [-0.39, 0.29) is 5.91 Å². The van der Waals surface area contributed by atoms with Gasteiger partial charge in [-0.25, -0.2) is 5.10 Å². The summed E-state index contributed by atoms with van der Waals surface area (Å²) in [5.74, 6) is 0.792. The first-order valence-corrected chi connectivity index (χ1v) is 8.08. The Morgan fingerprint density at radius 3 is 3.04 bits per heavy atom. The Balaban J connectivity index is 1.52. The molecule has 0 spiro atoms. The first kappa shape index (κ1) is 15.8. The van der Waals surface area contributed by atoms with Crippen molar-refractivity contribution in [3.05, 3.63) is 59.3 Å². The van der Waals surface area contributed by atoms with Crippen LogP contribution in [0, 0.1) is 11.3 Å². The molecule has 128 valence electrons. The van der Waals surface area contributed by atoms with E-state index in [1.807, 2.05) is 48.5 Å². The van der Waals surface area contributed by atoms with E-state index in [0.29, 0.717) is 30.2 Å². The van der Waals surface area contributed by atoms with Gasteiger partial charge in [-0.2, -0.15) is 5.26 Å². The van der Waals surface area contributed by atoms with E-state index < -0.39 is 0 Å². The van der Waals surface area contributed by atoms with Crippen LogP contribution < -0.4 is 9.64 Å². The molecule has 7 nitrogen and oxygen atoms in total. The van der Waals surface area contributed by atoms with Gasteiger partial charge in [0.05, 0.1) is 12.1 Å². The average molecular weight is 345 g/mol. The third-order valence-electron chi connectivity index (χ3n) is 4.40. The van der Waals surface area contributed by atoms with Crippen molar-refractivity contribution in [1.82, 2.24) is 15.4 Å². The minimum Gasteiger partial charge on any atom is -0.489 e. The zero-order valence-corrected chi connectivity index (χ0v) is 14.1. The quantitative estimate of drug-likeness (QED) is 0.784. The van der Waals surface area contributed by atoms with Gasteiger partial charge in [0, 0.05) is 18.7 Å². The summed E-state index contributed by atoms with van der Waals surface area (Å²) in [6, 6.07) is 15.3. The molecule has 0 unspecified atom stereocenters. The summed E-state index contributed by atoms with van der Waals surface area (Å²) in [5, 5.41) is 19.3. The first-order valence-electron chi connectivity index (χ1n) is 8.08. The van der Waals surface area contributed by atoms with Crippen LogP contribution in [0.25, 0.3) is 11.3 Å². The van der Waals surface area contributed by atoms with Crippen molar-refractivity contribution >= 4 is 11.6 Å². The number of aromatic nitrogens is 3. The zero-order chi connectivity index (χ0) is 18.1. The van der Waals surface area contributed by atoms with Crippen molar-refractivity contribution in [1.29, 1.82) is 5.26 Å². The minimum absolute atomic E-state index is 0.0887. The monoisotopic (exact) mass is 345 g/mol. The van der Waals surface area contributed by atoms with Crippen LogP contribution in [0.1, 0.15) is 16.8 Å². The van der Waals surface area contributed by atoms with Crippen molar-refractivity contribution in [3.63, 3.8) is 0 Å². The van der Waals surface area contributed by atoms with Gasteiger partial charge < -0.3 is 9.64 Å². The number of nitrogens with zero attached hydrogens (tertiary/aromatic N) is 4. The molecule has 0 radical (unpaired) electrons. The lowest BCUT2D eigenvalue weighted by molar-refractivity contribution is -0.117. The highest BCUT2D eigenvalue weighted by molar-refractivity contribution is 6.01. The predicted molar refractivity (Wildman–Crippen MR) is 94.4 cm³/mol. The third-order valence-corrected chi connectivity index (χ3v) is 4.40. The van der Waals surface area contributed by atoms with Gasteiger partial charge in [0.2, 0.25) is 5.91 Å². The van der Waals surface area contributed by atoms with Crippen molar-refractivity contribution in [2.24, 2.45) is 0 Å². The Kier molecular flexibility index (Phi) is 3.86. The van der Waals surface area contributed by atoms with Gasteiger partial charge in [0.15, 0.2) is 5.69 Å². The molecule has 2 aromatic carbocycles. The molecule has 0 atom stereocenters. The van der Waals surface area contributed by atoms with Crippen LogP contribution in [-0.4, -0.2) is 28.4 Å². The molecule has 7 heteroatoms. The molecule has 0 bridgehead atoms. The number of fused-ring (bicyclic) bond motifs is 1. The predicted octanol–water partition coefficient (Wildman–Crippen LogP) is 2.44. The topological polar surface area (TPSA) is 94.9 Å². The Bertz CT molecular complexity index is 1030. The molecule has 0 fully saturated rings. The third kappa shape index (κ3) is 2.78. The van der Waals surface area contributed by atoms with Crippen LogP contribution in [0.5, 0.6) is 5.75 Å². The first-order chi connectivity index (χ1) is 12.7. The Labute approximate surface area is 149 Å². The second-order valence-electron chi connectivity index (χ2n) is 6.06. The molecule has 0 aliphatic carbocycles. The van der Waals surface area contributed by atoms with Gasteiger partial charge in [-0.05, 0) is 23.3 Å². The Morgan fingerprint density at radius 2 is 2.19 bits per heavy atom. The van der Waals surface area contributed by atoms with Gasteiger partial charge in [-0.1, -0.05) is 29.5 Å². The van der Waals surface area contributed by atoms with Crippen LogP contribution in [0.3, 0.4) is 0 Å². The van der Waals surface area contributed by atoms with Gasteiger partial charge in [-0.15, -0.1) is 5.10 Å². The Hall–Kier alpha value is -3.66. The van der Waals surface area contributed by atoms with Crippen molar-refractivity contribution in [3.8, 4) is 23.1 Å². The maximum atomic E-state index is 11.8. The molecule has 1 aliphatic rings. The molecule has 3 aromatic rings. The molecule has 26 heavy (non-hydrogen) atoms. The van der Waals surface area contributed by atoms with E-state index in [9.17, 15) is 4.79 Å². The molecule has 0 saturated carbocycles. The summed E-state index contributed by atoms with van der Waals surface area (Å²) >= 11 is 0. The molecule has 1 aromatic heterocycles. The van der Waals surface area contributed by atoms with E-state index in [1.165, 1.54) is 0 Å². The van der Waals surface area contributed by atoms with Crippen LogP contribution in [0.2, 0.25) is 0 Å². The summed E-state index contributed by atoms with van der Waals surface area (Å²) in [4.78, 5) is 13.4. The van der Waals surface area contributed by atoms with E-state index in [0.717, 1.165) is 22.4 Å². The number of rotatable bonds is 4. The number of amides is 1. The number of anilines is 1. The SMILES string of the molecule is CN1C(=O)Cc2ccc(OCc3cccc(-c4nn[nH]c4C#N)c3)cc21.